The number of hydrogen-bond donors (Lipinski definition) is 4. The Morgan fingerprint density at radius 3 is 2.34 bits per heavy atom. The Morgan fingerprint density at radius 1 is 1.07 bits per heavy atom. The van der Waals surface area contributed by atoms with Gasteiger partial charge in [-0.15, -0.1) is 0 Å². The van der Waals surface area contributed by atoms with Crippen molar-refractivity contribution in [1.82, 2.24) is 9.97 Å². The van der Waals surface area contributed by atoms with Gasteiger partial charge in [-0.1, -0.05) is 19.1 Å². The van der Waals surface area contributed by atoms with Gasteiger partial charge in [-0.25, -0.2) is 14.8 Å². The van der Waals surface area contributed by atoms with Crippen molar-refractivity contribution < 1.29 is 9.90 Å². The van der Waals surface area contributed by atoms with Crippen molar-refractivity contribution in [2.24, 2.45) is 0 Å². The van der Waals surface area contributed by atoms with Gasteiger partial charge in [0.15, 0.2) is 0 Å². The van der Waals surface area contributed by atoms with Crippen molar-refractivity contribution in [2.75, 3.05) is 22.5 Å². The fraction of sp³-hybridized carbons (Fsp3) is 0.250. The van der Waals surface area contributed by atoms with Gasteiger partial charge in [0.05, 0.1) is 0 Å². The van der Waals surface area contributed by atoms with Crippen LogP contribution in [0.25, 0.3) is 0 Å². The number of aliphatic carboxylic acids is 1. The molecule has 0 saturated carbocycles. The van der Waals surface area contributed by atoms with Crippen LogP contribution in [0.15, 0.2) is 52.3 Å². The summed E-state index contributed by atoms with van der Waals surface area (Å²) in [5.74, 6) is -0.656. The Morgan fingerprint density at radius 2 is 1.72 bits per heavy atom. The molecule has 4 N–H and O–H groups in total. The second-order valence-corrected chi connectivity index (χ2v) is 6.47. The molecule has 3 rings (SSSR count). The number of nitrogens with one attached hydrogen (secondary N) is 3. The SMILES string of the molecule is CCCNc1c(NC(Cc2ccc(Nc3ncccn3)cc2)C(=O)O)c(=O)c1=O. The normalized spacial score (nSPS) is 11.8. The molecule has 0 spiro atoms. The van der Waals surface area contributed by atoms with Crippen LogP contribution in [-0.4, -0.2) is 33.6 Å². The minimum atomic E-state index is -1.11. The van der Waals surface area contributed by atoms with E-state index < -0.39 is 22.9 Å². The fourth-order valence-electron chi connectivity index (χ4n) is 2.77. The molecule has 1 unspecified atom stereocenters. The zero-order valence-electron chi connectivity index (χ0n) is 15.8. The standard InChI is InChI=1S/C20H21N5O4/c1-2-8-21-15-16(18(27)17(15)26)25-14(19(28)29)11-12-4-6-13(7-5-12)24-20-22-9-3-10-23-20/h3-7,9-10,14,21,25H,2,8,11H2,1H3,(H,28,29)(H,22,23,24). The topological polar surface area (TPSA) is 133 Å². The monoisotopic (exact) mass is 395 g/mol. The van der Waals surface area contributed by atoms with Crippen molar-refractivity contribution in [1.29, 1.82) is 0 Å². The lowest BCUT2D eigenvalue weighted by atomic mass is 10.0. The smallest absolute Gasteiger partial charge is 0.326 e. The number of carboxylic acid groups (broad SMARTS) is 1. The molecule has 1 heterocycles. The average molecular weight is 395 g/mol. The second-order valence-electron chi connectivity index (χ2n) is 6.47. The Balaban J connectivity index is 1.68. The van der Waals surface area contributed by atoms with Crippen LogP contribution < -0.4 is 26.8 Å². The van der Waals surface area contributed by atoms with E-state index in [1.165, 1.54) is 0 Å². The van der Waals surface area contributed by atoms with Gasteiger partial charge >= 0.3 is 5.97 Å². The number of carbonyl (C=O) groups is 1. The lowest BCUT2D eigenvalue weighted by Gasteiger charge is -2.20. The Hall–Kier alpha value is -3.75. The maximum atomic E-state index is 11.8. The van der Waals surface area contributed by atoms with Gasteiger partial charge in [-0.3, -0.25) is 9.59 Å². The predicted octanol–water partition coefficient (Wildman–Crippen LogP) is 1.75. The third kappa shape index (κ3) is 4.75. The van der Waals surface area contributed by atoms with E-state index >= 15 is 0 Å². The van der Waals surface area contributed by atoms with E-state index in [4.69, 9.17) is 0 Å². The van der Waals surface area contributed by atoms with E-state index in [2.05, 4.69) is 25.9 Å². The summed E-state index contributed by atoms with van der Waals surface area (Å²) in [7, 11) is 0. The van der Waals surface area contributed by atoms with Gasteiger partial charge in [0.1, 0.15) is 17.4 Å². The molecule has 0 aliphatic rings. The van der Waals surface area contributed by atoms with E-state index in [0.29, 0.717) is 12.5 Å². The molecule has 9 nitrogen and oxygen atoms in total. The highest BCUT2D eigenvalue weighted by molar-refractivity contribution is 5.82. The molecular weight excluding hydrogens is 374 g/mol. The van der Waals surface area contributed by atoms with Crippen LogP contribution in [0, 0.1) is 0 Å². The molecule has 0 radical (unpaired) electrons. The zero-order chi connectivity index (χ0) is 20.8. The molecule has 1 aromatic heterocycles. The predicted molar refractivity (Wildman–Crippen MR) is 111 cm³/mol. The van der Waals surface area contributed by atoms with Gasteiger partial charge in [0.25, 0.3) is 10.9 Å². The van der Waals surface area contributed by atoms with Crippen molar-refractivity contribution in [3.63, 3.8) is 0 Å². The van der Waals surface area contributed by atoms with Gasteiger partial charge in [0, 0.05) is 31.0 Å². The number of rotatable bonds is 10. The first-order valence-electron chi connectivity index (χ1n) is 9.19. The highest BCUT2D eigenvalue weighted by atomic mass is 16.4. The molecule has 2 aromatic carbocycles. The van der Waals surface area contributed by atoms with Crippen LogP contribution in [0.4, 0.5) is 23.0 Å². The van der Waals surface area contributed by atoms with Crippen molar-refractivity contribution in [3.8, 4) is 0 Å². The molecule has 0 aliphatic carbocycles. The third-order valence-corrected chi connectivity index (χ3v) is 4.29. The van der Waals surface area contributed by atoms with E-state index in [0.717, 1.165) is 17.7 Å². The minimum absolute atomic E-state index is 0.0374. The van der Waals surface area contributed by atoms with E-state index in [1.807, 2.05) is 6.92 Å². The summed E-state index contributed by atoms with van der Waals surface area (Å²) in [6.45, 7) is 2.45. The molecule has 1 atom stereocenters. The number of hydrogen-bond acceptors (Lipinski definition) is 8. The first-order valence-corrected chi connectivity index (χ1v) is 9.19. The number of benzene rings is 1. The summed E-state index contributed by atoms with van der Waals surface area (Å²) in [5, 5.41) is 18.2. The quantitative estimate of drug-likeness (QED) is 0.379. The first kappa shape index (κ1) is 20.0. The molecule has 0 fully saturated rings. The summed E-state index contributed by atoms with van der Waals surface area (Å²) < 4.78 is 0. The second kappa shape index (κ2) is 8.96. The van der Waals surface area contributed by atoms with E-state index in [-0.39, 0.29) is 17.8 Å². The Labute approximate surface area is 166 Å². The van der Waals surface area contributed by atoms with Gasteiger partial charge in [-0.05, 0) is 30.2 Å². The van der Waals surface area contributed by atoms with Crippen molar-refractivity contribution >= 4 is 29.0 Å². The van der Waals surface area contributed by atoms with Crippen LogP contribution in [0.3, 0.4) is 0 Å². The average Bonchev–Trinajstić information content (AvgIpc) is 2.73. The Bertz CT molecular complexity index is 1040. The molecule has 3 aromatic rings. The molecule has 0 saturated heterocycles. The maximum Gasteiger partial charge on any atom is 0.326 e. The lowest BCUT2D eigenvalue weighted by molar-refractivity contribution is -0.137. The minimum Gasteiger partial charge on any atom is -0.480 e. The summed E-state index contributed by atoms with van der Waals surface area (Å²) >= 11 is 0. The van der Waals surface area contributed by atoms with E-state index in [9.17, 15) is 19.5 Å². The summed E-state index contributed by atoms with van der Waals surface area (Å²) in [4.78, 5) is 43.4. The number of carboxylic acids is 1. The fourth-order valence-corrected chi connectivity index (χ4v) is 2.77. The summed E-state index contributed by atoms with van der Waals surface area (Å²) in [5.41, 5.74) is 0.390. The number of aromatic nitrogens is 2. The molecule has 29 heavy (non-hydrogen) atoms. The molecule has 9 heteroatoms. The van der Waals surface area contributed by atoms with E-state index in [1.54, 1.807) is 42.7 Å². The van der Waals surface area contributed by atoms with Crippen LogP contribution in [0.2, 0.25) is 0 Å². The molecule has 0 bridgehead atoms. The van der Waals surface area contributed by atoms with Crippen molar-refractivity contribution in [2.45, 2.75) is 25.8 Å². The third-order valence-electron chi connectivity index (χ3n) is 4.29. The van der Waals surface area contributed by atoms with Crippen LogP contribution in [0.5, 0.6) is 0 Å². The molecular formula is C20H21N5O4. The van der Waals surface area contributed by atoms with Crippen molar-refractivity contribution in [3.05, 3.63) is 68.7 Å². The number of nitrogens with zero attached hydrogens (tertiary/aromatic N) is 2. The largest absolute Gasteiger partial charge is 0.480 e. The van der Waals surface area contributed by atoms with Crippen LogP contribution in [-0.2, 0) is 11.2 Å². The Kier molecular flexibility index (Phi) is 6.18. The maximum absolute atomic E-state index is 11.8. The highest BCUT2D eigenvalue weighted by Crippen LogP contribution is 2.19. The molecule has 0 aliphatic heterocycles. The molecule has 0 amide bonds. The van der Waals surface area contributed by atoms with Gasteiger partial charge in [-0.2, -0.15) is 0 Å². The lowest BCUT2D eigenvalue weighted by Crippen LogP contribution is -2.42. The summed E-state index contributed by atoms with van der Waals surface area (Å²) in [6.07, 6.45) is 4.16. The highest BCUT2D eigenvalue weighted by Gasteiger charge is 2.26. The van der Waals surface area contributed by atoms with Crippen LogP contribution in [0.1, 0.15) is 18.9 Å². The zero-order valence-corrected chi connectivity index (χ0v) is 15.8. The molecule has 150 valence electrons. The van der Waals surface area contributed by atoms with Crippen LogP contribution >= 0.6 is 0 Å². The summed E-state index contributed by atoms with van der Waals surface area (Å²) in [6, 6.07) is 7.80. The first-order chi connectivity index (χ1) is 14.0. The number of anilines is 4. The van der Waals surface area contributed by atoms with Gasteiger partial charge < -0.3 is 21.1 Å². The van der Waals surface area contributed by atoms with Gasteiger partial charge in [0.2, 0.25) is 5.95 Å².